The van der Waals surface area contributed by atoms with Crippen molar-refractivity contribution in [3.05, 3.63) is 61.2 Å². The second kappa shape index (κ2) is 10.6. The molecule has 0 aliphatic carbocycles. The van der Waals surface area contributed by atoms with Crippen molar-refractivity contribution in [2.24, 2.45) is 0 Å². The predicted octanol–water partition coefficient (Wildman–Crippen LogP) is -0.198. The molecule has 2 aliphatic heterocycles. The lowest BCUT2D eigenvalue weighted by atomic mass is 10.2. The molecule has 0 bridgehead atoms. The third kappa shape index (κ3) is 5.82. The summed E-state index contributed by atoms with van der Waals surface area (Å²) in [5, 5.41) is 30.9. The second-order valence-electron chi connectivity index (χ2n) is 8.44. The number of aromatic amines is 1. The number of rotatable bonds is 9. The van der Waals surface area contributed by atoms with Crippen LogP contribution < -0.4 is 11.2 Å². The van der Waals surface area contributed by atoms with Gasteiger partial charge in [-0.2, -0.15) is 0 Å². The quantitative estimate of drug-likeness (QED) is 0.183. The lowest BCUT2D eigenvalue weighted by molar-refractivity contribution is -0.384. The van der Waals surface area contributed by atoms with E-state index in [1.54, 1.807) is 0 Å². The summed E-state index contributed by atoms with van der Waals surface area (Å²) in [5.41, 5.74) is -1.07. The van der Waals surface area contributed by atoms with Crippen molar-refractivity contribution in [3.63, 3.8) is 0 Å². The number of aliphatic hydroxyl groups excluding tert-OH is 2. The molecule has 0 radical (unpaired) electrons. The number of aryl methyl sites for hydroxylation is 1. The van der Waals surface area contributed by atoms with Gasteiger partial charge >= 0.3 is 12.4 Å². The van der Waals surface area contributed by atoms with E-state index < -0.39 is 66.4 Å². The number of nitro groups is 1. The Morgan fingerprint density at radius 2 is 2.00 bits per heavy atom. The topological polar surface area (TPSA) is 201 Å². The van der Waals surface area contributed by atoms with Gasteiger partial charge in [0.05, 0.1) is 36.5 Å². The Bertz CT molecular complexity index is 1280. The Morgan fingerprint density at radius 1 is 1.28 bits per heavy atom. The maximum atomic E-state index is 12.1. The van der Waals surface area contributed by atoms with E-state index in [9.17, 15) is 34.8 Å². The number of aromatic nitrogens is 3. The summed E-state index contributed by atoms with van der Waals surface area (Å²) in [6.07, 6.45) is -1.12. The summed E-state index contributed by atoms with van der Waals surface area (Å²) in [5.74, 6) is 0. The summed E-state index contributed by atoms with van der Waals surface area (Å²) in [7, 11) is 0. The van der Waals surface area contributed by atoms with Crippen molar-refractivity contribution in [1.82, 2.24) is 14.1 Å². The predicted molar refractivity (Wildman–Crippen MR) is 125 cm³/mol. The number of ether oxygens (including phenoxy) is 2. The normalized spacial score (nSPS) is 29.9. The molecule has 7 atom stereocenters. The highest BCUT2D eigenvalue weighted by atomic mass is 32.5. The van der Waals surface area contributed by atoms with E-state index in [-0.39, 0.29) is 30.7 Å². The summed E-state index contributed by atoms with van der Waals surface area (Å²) in [6, 6.07) is 1.30. The van der Waals surface area contributed by atoms with Crippen LogP contribution in [0.5, 0.6) is 0 Å². The highest BCUT2D eigenvalue weighted by molar-refractivity contribution is 8.07. The van der Waals surface area contributed by atoms with Gasteiger partial charge in [-0.25, -0.2) is 4.79 Å². The van der Waals surface area contributed by atoms with E-state index in [0.717, 1.165) is 4.57 Å². The highest BCUT2D eigenvalue weighted by Crippen LogP contribution is 2.49. The first kappa shape index (κ1) is 26.8. The second-order valence-corrected chi connectivity index (χ2v) is 11.2. The van der Waals surface area contributed by atoms with Crippen LogP contribution in [0.3, 0.4) is 0 Å². The van der Waals surface area contributed by atoms with E-state index in [0.29, 0.717) is 0 Å². The molecule has 0 aromatic carbocycles. The van der Waals surface area contributed by atoms with Gasteiger partial charge in [0.25, 0.3) is 11.2 Å². The van der Waals surface area contributed by atoms with Gasteiger partial charge in [-0.1, -0.05) is 0 Å². The minimum atomic E-state index is -3.90. The molecule has 36 heavy (non-hydrogen) atoms. The van der Waals surface area contributed by atoms with Gasteiger partial charge in [-0.05, 0) is 18.7 Å². The zero-order chi connectivity index (χ0) is 26.2. The first-order chi connectivity index (χ1) is 17.0. The molecule has 2 aromatic heterocycles. The Labute approximate surface area is 208 Å². The third-order valence-electron chi connectivity index (χ3n) is 5.93. The van der Waals surface area contributed by atoms with E-state index in [1.807, 2.05) is 0 Å². The van der Waals surface area contributed by atoms with Gasteiger partial charge in [0, 0.05) is 36.9 Å². The lowest BCUT2D eigenvalue weighted by Gasteiger charge is -2.24. The molecule has 2 saturated heterocycles. The summed E-state index contributed by atoms with van der Waals surface area (Å²) < 4.78 is 24.9. The molecular weight excluding hydrogens is 523 g/mol. The number of aliphatic hydroxyl groups is 2. The van der Waals surface area contributed by atoms with Gasteiger partial charge in [0.1, 0.15) is 24.7 Å². The minimum absolute atomic E-state index is 0.0301. The zero-order valence-electron chi connectivity index (χ0n) is 18.9. The Balaban J connectivity index is 1.36. The monoisotopic (exact) mass is 548 g/mol. The maximum absolute atomic E-state index is 12.1. The molecule has 17 heteroatoms. The molecule has 2 fully saturated rings. The van der Waals surface area contributed by atoms with Crippen molar-refractivity contribution in [2.45, 2.75) is 56.6 Å². The average molecular weight is 548 g/mol. The molecule has 2 aliphatic rings. The molecule has 3 unspecified atom stereocenters. The molecule has 2 aromatic rings. The van der Waals surface area contributed by atoms with Gasteiger partial charge < -0.3 is 38.2 Å². The van der Waals surface area contributed by atoms with Gasteiger partial charge in [-0.15, -0.1) is 0 Å². The standard InChI is InChI=1S/C19H25N4O11PS/c1-10-6-22(19(27)20-18(10)26)17-4-12(25)15(33-17)9-31-35(30,36)34-13-5-16(32-14(13)8-24)21-3-2-11(7-21)23(28)29/h2-3,6-7,12-17,24-25H,4-5,8-9H2,1H3,(H,30,36)(H,20,26,27)/t12-,13-,14?,15?,16-,17-,35?/m1/s1. The molecule has 15 nitrogen and oxygen atoms in total. The molecule has 4 N–H and O–H groups in total. The van der Waals surface area contributed by atoms with Gasteiger partial charge in [0.15, 0.2) is 0 Å². The molecule has 0 amide bonds. The third-order valence-corrected chi connectivity index (χ3v) is 7.52. The van der Waals surface area contributed by atoms with E-state index in [1.165, 1.54) is 36.1 Å². The van der Waals surface area contributed by atoms with Crippen LogP contribution in [0.15, 0.2) is 34.2 Å². The molecule has 0 spiro atoms. The largest absolute Gasteiger partial charge is 0.394 e. The van der Waals surface area contributed by atoms with Crippen molar-refractivity contribution in [1.29, 1.82) is 0 Å². The summed E-state index contributed by atoms with van der Waals surface area (Å²) in [6.45, 7) is -3.19. The molecule has 4 heterocycles. The first-order valence-electron chi connectivity index (χ1n) is 10.9. The van der Waals surface area contributed by atoms with E-state index in [4.69, 9.17) is 30.3 Å². The van der Waals surface area contributed by atoms with Crippen molar-refractivity contribution >= 4 is 24.2 Å². The number of hydrogen-bond acceptors (Lipinski definition) is 11. The fraction of sp³-hybridized carbons (Fsp3) is 0.579. The number of nitrogens with one attached hydrogen (secondary N) is 1. The van der Waals surface area contributed by atoms with Crippen LogP contribution in [0.4, 0.5) is 5.69 Å². The molecular formula is C19H25N4O11PS. The number of H-pyrrole nitrogens is 1. The smallest absolute Gasteiger partial charge is 0.330 e. The van der Waals surface area contributed by atoms with Crippen LogP contribution in [0.1, 0.15) is 30.9 Å². The van der Waals surface area contributed by atoms with Crippen LogP contribution in [0.25, 0.3) is 0 Å². The van der Waals surface area contributed by atoms with Crippen molar-refractivity contribution in [3.8, 4) is 0 Å². The zero-order valence-corrected chi connectivity index (χ0v) is 20.6. The first-order valence-corrected chi connectivity index (χ1v) is 13.5. The Kier molecular flexibility index (Phi) is 7.89. The number of hydrogen-bond donors (Lipinski definition) is 4. The fourth-order valence-corrected chi connectivity index (χ4v) is 5.53. The van der Waals surface area contributed by atoms with Crippen LogP contribution in [-0.4, -0.2) is 71.8 Å². The van der Waals surface area contributed by atoms with Crippen LogP contribution in [-0.2, 0) is 30.3 Å². The highest BCUT2D eigenvalue weighted by Gasteiger charge is 2.41. The Hall–Kier alpha value is -2.27. The lowest BCUT2D eigenvalue weighted by Crippen LogP contribution is -2.33. The van der Waals surface area contributed by atoms with Gasteiger partial charge in [0.2, 0.25) is 0 Å². The van der Waals surface area contributed by atoms with Crippen LogP contribution in [0.2, 0.25) is 0 Å². The number of nitrogens with zero attached hydrogens (tertiary/aromatic N) is 3. The summed E-state index contributed by atoms with van der Waals surface area (Å²) >= 11 is 5.08. The average Bonchev–Trinajstić information content (AvgIpc) is 3.53. The van der Waals surface area contributed by atoms with Crippen LogP contribution in [0, 0.1) is 17.0 Å². The van der Waals surface area contributed by atoms with Crippen molar-refractivity contribution in [2.75, 3.05) is 13.2 Å². The van der Waals surface area contributed by atoms with Gasteiger partial charge in [-0.3, -0.25) is 24.5 Å². The van der Waals surface area contributed by atoms with E-state index >= 15 is 0 Å². The Morgan fingerprint density at radius 3 is 2.67 bits per heavy atom. The van der Waals surface area contributed by atoms with E-state index in [2.05, 4.69) is 4.98 Å². The SMILES string of the molecule is Cc1cn([C@H]2C[C@@H](O)C(COP(O)(=S)O[C@@H]3C[C@H](n4ccc([N+](=O)[O-])c4)OC3CO)O2)c(=O)[nH]c1=O. The minimum Gasteiger partial charge on any atom is -0.394 e. The molecule has 4 rings (SSSR count). The van der Waals surface area contributed by atoms with Crippen LogP contribution >= 0.6 is 6.72 Å². The molecule has 198 valence electrons. The molecule has 0 saturated carbocycles. The fourth-order valence-electron chi connectivity index (χ4n) is 4.05. The summed E-state index contributed by atoms with van der Waals surface area (Å²) in [4.78, 5) is 46.8. The maximum Gasteiger partial charge on any atom is 0.330 e. The van der Waals surface area contributed by atoms with Crippen molar-refractivity contribution < 1.29 is 38.6 Å².